The standard InChI is InChI=1S/C12H34O2Si4/c1-12(2,15(3,4)5)18(13,17(9,10)11)14-16(6,7)8/h13H,1-11H3. The van der Waals surface area contributed by atoms with E-state index in [1.807, 2.05) is 0 Å². The van der Waals surface area contributed by atoms with Crippen LogP contribution in [0.1, 0.15) is 13.8 Å². The van der Waals surface area contributed by atoms with Gasteiger partial charge in [-0.15, -0.1) is 0 Å². The van der Waals surface area contributed by atoms with E-state index in [0.717, 1.165) is 0 Å². The third-order valence-electron chi connectivity index (χ3n) is 4.19. The normalized spacial score (nSPS) is 18.7. The second-order valence-electron chi connectivity index (χ2n) is 8.98. The third-order valence-corrected chi connectivity index (χ3v) is 28.2. The van der Waals surface area contributed by atoms with Crippen molar-refractivity contribution in [2.24, 2.45) is 0 Å². The molecule has 0 aromatic heterocycles. The topological polar surface area (TPSA) is 29.5 Å². The zero-order valence-corrected chi connectivity index (χ0v) is 18.4. The summed E-state index contributed by atoms with van der Waals surface area (Å²) in [7, 11) is -7.62. The number of hydrogen-bond donors (Lipinski definition) is 1. The van der Waals surface area contributed by atoms with Crippen LogP contribution in [0.4, 0.5) is 0 Å². The smallest absolute Gasteiger partial charge is 0.306 e. The van der Waals surface area contributed by atoms with Gasteiger partial charge in [0.05, 0.1) is 8.07 Å². The summed E-state index contributed by atoms with van der Waals surface area (Å²) in [4.78, 5) is 11.6. The Labute approximate surface area is 118 Å². The fourth-order valence-corrected chi connectivity index (χ4v) is 32.2. The van der Waals surface area contributed by atoms with Gasteiger partial charge in [-0.25, -0.2) is 0 Å². The van der Waals surface area contributed by atoms with Gasteiger partial charge in [0.25, 0.3) is 0 Å². The molecule has 0 aliphatic heterocycles. The van der Waals surface area contributed by atoms with E-state index in [2.05, 4.69) is 72.8 Å². The second-order valence-corrected chi connectivity index (χ2v) is 33.8. The van der Waals surface area contributed by atoms with Gasteiger partial charge in [-0.3, -0.25) is 0 Å². The van der Waals surface area contributed by atoms with Gasteiger partial charge in [-0.1, -0.05) is 53.1 Å². The first-order valence-electron chi connectivity index (χ1n) is 6.88. The minimum atomic E-state index is -2.69. The van der Waals surface area contributed by atoms with E-state index in [-0.39, 0.29) is 4.66 Å². The molecule has 0 fully saturated rings. The zero-order valence-electron chi connectivity index (χ0n) is 14.4. The molecule has 6 heteroatoms. The SMILES string of the molecule is CC(C)([Si](C)(C)C)[Si](O)(O[Si](C)(C)C)[Si](C)(C)C. The lowest BCUT2D eigenvalue weighted by atomic mass is 10.5. The van der Waals surface area contributed by atoms with E-state index in [1.165, 1.54) is 0 Å². The van der Waals surface area contributed by atoms with Crippen LogP contribution in [0, 0.1) is 0 Å². The lowest BCUT2D eigenvalue weighted by Gasteiger charge is -2.54. The Bertz CT molecular complexity index is 297. The van der Waals surface area contributed by atoms with Crippen LogP contribution in [-0.4, -0.2) is 36.9 Å². The summed E-state index contributed by atoms with van der Waals surface area (Å²) < 4.78 is 6.50. The largest absolute Gasteiger partial charge is 0.438 e. The molecule has 0 aliphatic carbocycles. The Balaban J connectivity index is 5.81. The molecule has 18 heavy (non-hydrogen) atoms. The summed E-state index contributed by atoms with van der Waals surface area (Å²) in [6, 6.07) is 0. The van der Waals surface area contributed by atoms with Crippen molar-refractivity contribution in [2.75, 3.05) is 0 Å². The minimum absolute atomic E-state index is 0.00917. The monoisotopic (exact) mass is 322 g/mol. The zero-order chi connectivity index (χ0) is 15.2. The molecule has 1 atom stereocenters. The van der Waals surface area contributed by atoms with E-state index >= 15 is 0 Å². The van der Waals surface area contributed by atoms with Gasteiger partial charge in [0.15, 0.2) is 8.32 Å². The summed E-state index contributed by atoms with van der Waals surface area (Å²) in [6.45, 7) is 25.1. The van der Waals surface area contributed by atoms with E-state index < -0.39 is 32.1 Å². The summed E-state index contributed by atoms with van der Waals surface area (Å²) in [6.07, 6.45) is 0. The maximum absolute atomic E-state index is 11.6. The molecule has 0 aliphatic rings. The van der Waals surface area contributed by atoms with Crippen LogP contribution in [-0.2, 0) is 4.12 Å². The lowest BCUT2D eigenvalue weighted by molar-refractivity contribution is 0.366. The Morgan fingerprint density at radius 3 is 1.28 bits per heavy atom. The average Bonchev–Trinajstić information content (AvgIpc) is 1.95. The van der Waals surface area contributed by atoms with Crippen molar-refractivity contribution in [3.8, 4) is 0 Å². The average molecular weight is 323 g/mol. The molecule has 0 saturated carbocycles. The lowest BCUT2D eigenvalue weighted by Crippen LogP contribution is -2.73. The number of hydrogen-bond acceptors (Lipinski definition) is 2. The third kappa shape index (κ3) is 3.67. The number of rotatable bonds is 5. The summed E-state index contributed by atoms with van der Waals surface area (Å²) in [5, 5.41) is 0. The van der Waals surface area contributed by atoms with Crippen molar-refractivity contribution >= 4 is 32.1 Å². The first-order valence-corrected chi connectivity index (χ1v) is 20.1. The first-order chi connectivity index (χ1) is 7.46. The van der Waals surface area contributed by atoms with Crippen LogP contribution < -0.4 is 0 Å². The van der Waals surface area contributed by atoms with Crippen LogP contribution in [0.15, 0.2) is 0 Å². The molecule has 0 radical (unpaired) electrons. The van der Waals surface area contributed by atoms with Crippen molar-refractivity contribution in [2.45, 2.75) is 77.4 Å². The highest BCUT2D eigenvalue weighted by molar-refractivity contribution is 7.40. The molecule has 0 aromatic rings. The van der Waals surface area contributed by atoms with Gasteiger partial charge in [-0.05, 0) is 24.3 Å². The van der Waals surface area contributed by atoms with Gasteiger partial charge in [0.2, 0.25) is 0 Å². The molecule has 0 rings (SSSR count). The molecule has 0 aromatic carbocycles. The highest BCUT2D eigenvalue weighted by Crippen LogP contribution is 2.49. The molecule has 0 amide bonds. The van der Waals surface area contributed by atoms with Gasteiger partial charge >= 0.3 is 8.08 Å². The van der Waals surface area contributed by atoms with E-state index in [9.17, 15) is 4.80 Å². The maximum Gasteiger partial charge on any atom is 0.306 e. The minimum Gasteiger partial charge on any atom is -0.438 e. The summed E-state index contributed by atoms with van der Waals surface area (Å²) in [5.74, 6) is 0. The van der Waals surface area contributed by atoms with Crippen LogP contribution >= 0.6 is 0 Å². The van der Waals surface area contributed by atoms with Crippen LogP contribution in [0.3, 0.4) is 0 Å². The maximum atomic E-state index is 11.6. The summed E-state index contributed by atoms with van der Waals surface area (Å²) in [5.41, 5.74) is 0. The van der Waals surface area contributed by atoms with Gasteiger partial charge < -0.3 is 8.91 Å². The first kappa shape index (κ1) is 18.8. The van der Waals surface area contributed by atoms with Crippen LogP contribution in [0.25, 0.3) is 0 Å². The quantitative estimate of drug-likeness (QED) is 0.763. The molecule has 0 bridgehead atoms. The van der Waals surface area contributed by atoms with Crippen molar-refractivity contribution in [1.82, 2.24) is 0 Å². The second kappa shape index (κ2) is 4.96. The predicted molar refractivity (Wildman–Crippen MR) is 93.1 cm³/mol. The summed E-state index contributed by atoms with van der Waals surface area (Å²) >= 11 is 0. The highest BCUT2D eigenvalue weighted by Gasteiger charge is 2.63. The molecule has 0 heterocycles. The van der Waals surface area contributed by atoms with Gasteiger partial charge in [-0.2, -0.15) is 0 Å². The molecular formula is C12H34O2Si4. The predicted octanol–water partition coefficient (Wildman–Crippen LogP) is 4.35. The molecule has 1 N–H and O–H groups in total. The Morgan fingerprint density at radius 2 is 1.11 bits per heavy atom. The molecule has 1 unspecified atom stereocenters. The van der Waals surface area contributed by atoms with Gasteiger partial charge in [0, 0.05) is 0 Å². The molecule has 2 nitrogen and oxygen atoms in total. The fraction of sp³-hybridized carbons (Fsp3) is 1.00. The highest BCUT2D eigenvalue weighted by atomic mass is 29.3. The van der Waals surface area contributed by atoms with Crippen LogP contribution in [0.2, 0.25) is 63.6 Å². The Morgan fingerprint density at radius 1 is 0.778 bits per heavy atom. The van der Waals surface area contributed by atoms with Crippen molar-refractivity contribution in [3.05, 3.63) is 0 Å². The Kier molecular flexibility index (Phi) is 5.18. The van der Waals surface area contributed by atoms with Crippen molar-refractivity contribution in [3.63, 3.8) is 0 Å². The van der Waals surface area contributed by atoms with E-state index in [4.69, 9.17) is 4.12 Å². The molecule has 110 valence electrons. The van der Waals surface area contributed by atoms with Crippen molar-refractivity contribution in [1.29, 1.82) is 0 Å². The van der Waals surface area contributed by atoms with E-state index in [1.54, 1.807) is 0 Å². The van der Waals surface area contributed by atoms with E-state index in [0.29, 0.717) is 0 Å². The van der Waals surface area contributed by atoms with Gasteiger partial charge in [0.1, 0.15) is 7.59 Å². The van der Waals surface area contributed by atoms with Crippen molar-refractivity contribution < 1.29 is 8.91 Å². The fourth-order valence-electron chi connectivity index (χ4n) is 2.17. The molecule has 0 saturated heterocycles. The molecular weight excluding hydrogens is 288 g/mol. The van der Waals surface area contributed by atoms with Crippen LogP contribution in [0.5, 0.6) is 0 Å². The Hall–Kier alpha value is 0.788. The molecule has 0 spiro atoms.